The molecule has 24 heavy (non-hydrogen) atoms. The van der Waals surface area contributed by atoms with Crippen LogP contribution in [-0.4, -0.2) is 26.5 Å². The number of hydrogen-bond acceptors (Lipinski definition) is 3. The molecule has 3 aromatic carbocycles. The molecule has 0 aromatic heterocycles. The Balaban J connectivity index is 2.05. The van der Waals surface area contributed by atoms with E-state index in [9.17, 15) is 13.2 Å². The van der Waals surface area contributed by atoms with Crippen LogP contribution in [-0.2, 0) is 10.0 Å². The summed E-state index contributed by atoms with van der Waals surface area (Å²) in [7, 11) is -2.38. The molecule has 0 aliphatic heterocycles. The van der Waals surface area contributed by atoms with Crippen molar-refractivity contribution in [3.63, 3.8) is 0 Å². The van der Waals surface area contributed by atoms with Crippen molar-refractivity contribution in [1.29, 1.82) is 0 Å². The molecule has 3 aromatic rings. The standard InChI is InChI=1S/C18H15NO4S/c1-19(16-8-4-7-15(11-16)18(20)21)24(22,23)17-10-9-13-5-2-3-6-14(13)12-17/h2-12H,1H3,(H,20,21). The van der Waals surface area contributed by atoms with E-state index >= 15 is 0 Å². The zero-order valence-corrected chi connectivity index (χ0v) is 13.7. The first-order valence-corrected chi connectivity index (χ1v) is 8.65. The maximum absolute atomic E-state index is 12.8. The molecule has 0 saturated carbocycles. The molecular formula is C18H15NO4S. The third-order valence-corrected chi connectivity index (χ3v) is 5.62. The molecule has 122 valence electrons. The summed E-state index contributed by atoms with van der Waals surface area (Å²) in [6, 6.07) is 18.2. The van der Waals surface area contributed by atoms with Gasteiger partial charge in [0.1, 0.15) is 0 Å². The Hall–Kier alpha value is -2.86. The zero-order valence-electron chi connectivity index (χ0n) is 12.9. The number of fused-ring (bicyclic) bond motifs is 1. The number of sulfonamides is 1. The first-order valence-electron chi connectivity index (χ1n) is 7.21. The van der Waals surface area contributed by atoms with E-state index < -0.39 is 16.0 Å². The van der Waals surface area contributed by atoms with E-state index in [1.165, 1.54) is 25.2 Å². The Morgan fingerprint density at radius 1 is 0.917 bits per heavy atom. The van der Waals surface area contributed by atoms with Crippen LogP contribution in [0.15, 0.2) is 71.6 Å². The minimum Gasteiger partial charge on any atom is -0.478 e. The molecule has 0 saturated heterocycles. The van der Waals surface area contributed by atoms with Crippen LogP contribution in [0.2, 0.25) is 0 Å². The third-order valence-electron chi connectivity index (χ3n) is 3.84. The fraction of sp³-hybridized carbons (Fsp3) is 0.0556. The van der Waals surface area contributed by atoms with Gasteiger partial charge in [0.15, 0.2) is 0 Å². The monoisotopic (exact) mass is 341 g/mol. The first-order chi connectivity index (χ1) is 11.4. The highest BCUT2D eigenvalue weighted by molar-refractivity contribution is 7.92. The lowest BCUT2D eigenvalue weighted by atomic mass is 10.1. The molecule has 0 fully saturated rings. The van der Waals surface area contributed by atoms with Crippen molar-refractivity contribution in [2.75, 3.05) is 11.4 Å². The number of carboxylic acid groups (broad SMARTS) is 1. The number of carbonyl (C=O) groups is 1. The number of aromatic carboxylic acids is 1. The van der Waals surface area contributed by atoms with Gasteiger partial charge in [-0.3, -0.25) is 4.31 Å². The smallest absolute Gasteiger partial charge is 0.335 e. The normalized spacial score (nSPS) is 11.4. The Bertz CT molecular complexity index is 1030. The van der Waals surface area contributed by atoms with Crippen LogP contribution in [0.3, 0.4) is 0 Å². The molecule has 0 amide bonds. The number of rotatable bonds is 4. The fourth-order valence-corrected chi connectivity index (χ4v) is 3.68. The van der Waals surface area contributed by atoms with E-state index in [0.29, 0.717) is 5.69 Å². The van der Waals surface area contributed by atoms with Gasteiger partial charge in [-0.25, -0.2) is 13.2 Å². The molecule has 5 nitrogen and oxygen atoms in total. The second kappa shape index (κ2) is 5.98. The molecule has 0 aliphatic rings. The van der Waals surface area contributed by atoms with E-state index in [2.05, 4.69) is 0 Å². The molecule has 0 radical (unpaired) electrons. The van der Waals surface area contributed by atoms with Crippen LogP contribution in [0.4, 0.5) is 5.69 Å². The number of anilines is 1. The van der Waals surface area contributed by atoms with Gasteiger partial charge >= 0.3 is 5.97 Å². The Labute approximate surface area is 139 Å². The van der Waals surface area contributed by atoms with Crippen LogP contribution >= 0.6 is 0 Å². The van der Waals surface area contributed by atoms with Gasteiger partial charge in [0, 0.05) is 7.05 Å². The van der Waals surface area contributed by atoms with Crippen LogP contribution in [0.5, 0.6) is 0 Å². The van der Waals surface area contributed by atoms with Crippen molar-refractivity contribution in [3.8, 4) is 0 Å². The summed E-state index contributed by atoms with van der Waals surface area (Å²) in [4.78, 5) is 11.2. The van der Waals surface area contributed by atoms with Crippen molar-refractivity contribution in [2.24, 2.45) is 0 Å². The third kappa shape index (κ3) is 2.83. The van der Waals surface area contributed by atoms with Gasteiger partial charge in [0.2, 0.25) is 0 Å². The fourth-order valence-electron chi connectivity index (χ4n) is 2.46. The summed E-state index contributed by atoms with van der Waals surface area (Å²) in [5.74, 6) is -1.10. The molecule has 0 spiro atoms. The molecule has 0 bridgehead atoms. The second-order valence-corrected chi connectivity index (χ2v) is 7.31. The summed E-state index contributed by atoms with van der Waals surface area (Å²) in [5.41, 5.74) is 0.330. The van der Waals surface area contributed by atoms with Crippen LogP contribution in [0.25, 0.3) is 10.8 Å². The van der Waals surface area contributed by atoms with Gasteiger partial charge in [-0.05, 0) is 41.1 Å². The van der Waals surface area contributed by atoms with Gasteiger partial charge in [-0.1, -0.05) is 36.4 Å². The van der Waals surface area contributed by atoms with Gasteiger partial charge in [0.05, 0.1) is 16.1 Å². The summed E-state index contributed by atoms with van der Waals surface area (Å²) in [6.45, 7) is 0. The van der Waals surface area contributed by atoms with Crippen molar-refractivity contribution >= 4 is 32.5 Å². The van der Waals surface area contributed by atoms with Gasteiger partial charge in [-0.15, -0.1) is 0 Å². The predicted molar refractivity (Wildman–Crippen MR) is 92.9 cm³/mol. The topological polar surface area (TPSA) is 74.7 Å². The average molecular weight is 341 g/mol. The zero-order chi connectivity index (χ0) is 17.3. The predicted octanol–water partition coefficient (Wildman–Crippen LogP) is 3.36. The lowest BCUT2D eigenvalue weighted by molar-refractivity contribution is 0.0697. The lowest BCUT2D eigenvalue weighted by Crippen LogP contribution is -2.26. The molecular weight excluding hydrogens is 326 g/mol. The first kappa shape index (κ1) is 16.0. The van der Waals surface area contributed by atoms with E-state index in [-0.39, 0.29) is 10.5 Å². The van der Waals surface area contributed by atoms with Crippen molar-refractivity contribution in [2.45, 2.75) is 4.90 Å². The van der Waals surface area contributed by atoms with Crippen molar-refractivity contribution < 1.29 is 18.3 Å². The highest BCUT2D eigenvalue weighted by Gasteiger charge is 2.22. The maximum atomic E-state index is 12.8. The molecule has 0 atom stereocenters. The van der Waals surface area contributed by atoms with Crippen molar-refractivity contribution in [1.82, 2.24) is 0 Å². The minimum absolute atomic E-state index is 0.0352. The highest BCUT2D eigenvalue weighted by Crippen LogP contribution is 2.25. The number of carboxylic acids is 1. The summed E-state index contributed by atoms with van der Waals surface area (Å²) < 4.78 is 26.8. The number of hydrogen-bond donors (Lipinski definition) is 1. The van der Waals surface area contributed by atoms with Crippen LogP contribution in [0.1, 0.15) is 10.4 Å². The Morgan fingerprint density at radius 3 is 2.33 bits per heavy atom. The van der Waals surface area contributed by atoms with Crippen molar-refractivity contribution in [3.05, 3.63) is 72.3 Å². The minimum atomic E-state index is -3.79. The molecule has 3 rings (SSSR count). The molecule has 1 N–H and O–H groups in total. The molecule has 0 heterocycles. The van der Waals surface area contributed by atoms with Crippen LogP contribution < -0.4 is 4.31 Å². The lowest BCUT2D eigenvalue weighted by Gasteiger charge is -2.20. The summed E-state index contributed by atoms with van der Waals surface area (Å²) in [6.07, 6.45) is 0. The van der Waals surface area contributed by atoms with E-state index in [1.807, 2.05) is 24.3 Å². The van der Waals surface area contributed by atoms with E-state index in [0.717, 1.165) is 15.1 Å². The molecule has 6 heteroatoms. The van der Waals surface area contributed by atoms with Gasteiger partial charge in [-0.2, -0.15) is 0 Å². The number of benzene rings is 3. The number of nitrogens with zero attached hydrogens (tertiary/aromatic N) is 1. The molecule has 0 unspecified atom stereocenters. The van der Waals surface area contributed by atoms with Gasteiger partial charge in [0.25, 0.3) is 10.0 Å². The summed E-state index contributed by atoms with van der Waals surface area (Å²) in [5, 5.41) is 10.8. The van der Waals surface area contributed by atoms with Gasteiger partial charge < -0.3 is 5.11 Å². The maximum Gasteiger partial charge on any atom is 0.335 e. The quantitative estimate of drug-likeness (QED) is 0.789. The highest BCUT2D eigenvalue weighted by atomic mass is 32.2. The summed E-state index contributed by atoms with van der Waals surface area (Å²) >= 11 is 0. The van der Waals surface area contributed by atoms with E-state index in [4.69, 9.17) is 5.11 Å². The van der Waals surface area contributed by atoms with E-state index in [1.54, 1.807) is 24.3 Å². The second-order valence-electron chi connectivity index (χ2n) is 5.34. The Kier molecular flexibility index (Phi) is 3.99. The molecule has 0 aliphatic carbocycles. The van der Waals surface area contributed by atoms with Crippen LogP contribution in [0, 0.1) is 0 Å². The average Bonchev–Trinajstić information content (AvgIpc) is 2.60. The Morgan fingerprint density at radius 2 is 1.62 bits per heavy atom. The largest absolute Gasteiger partial charge is 0.478 e. The SMILES string of the molecule is CN(c1cccc(C(=O)O)c1)S(=O)(=O)c1ccc2ccccc2c1.